The monoisotopic (exact) mass is 201 g/mol. The standard InChI is InChI=1S/C12H27NO/c1-3-5-10-13(4-2)11-8-6-7-9-12-14/h14H,3-12H2,1-2H3. The van der Waals surface area contributed by atoms with Crippen LogP contribution in [0.2, 0.25) is 0 Å². The van der Waals surface area contributed by atoms with E-state index in [1.807, 2.05) is 0 Å². The Bertz CT molecular complexity index is 106. The van der Waals surface area contributed by atoms with Gasteiger partial charge in [0.1, 0.15) is 0 Å². The highest BCUT2D eigenvalue weighted by Crippen LogP contribution is 2.02. The Morgan fingerprint density at radius 2 is 1.50 bits per heavy atom. The van der Waals surface area contributed by atoms with Gasteiger partial charge in [-0.05, 0) is 38.9 Å². The van der Waals surface area contributed by atoms with Crippen molar-refractivity contribution in [2.75, 3.05) is 26.2 Å². The van der Waals surface area contributed by atoms with Gasteiger partial charge in [0.25, 0.3) is 0 Å². The smallest absolute Gasteiger partial charge is 0.0431 e. The molecule has 0 aliphatic carbocycles. The summed E-state index contributed by atoms with van der Waals surface area (Å²) in [6.07, 6.45) is 7.33. The molecule has 0 fully saturated rings. The second-order valence-electron chi connectivity index (χ2n) is 3.93. The highest BCUT2D eigenvalue weighted by molar-refractivity contribution is 4.55. The van der Waals surface area contributed by atoms with Gasteiger partial charge >= 0.3 is 0 Å². The van der Waals surface area contributed by atoms with Crippen molar-refractivity contribution < 1.29 is 5.11 Å². The maximum Gasteiger partial charge on any atom is 0.0431 e. The Balaban J connectivity index is 3.24. The molecule has 0 atom stereocenters. The lowest BCUT2D eigenvalue weighted by atomic mass is 10.2. The summed E-state index contributed by atoms with van der Waals surface area (Å²) in [6.45, 7) is 8.51. The number of aliphatic hydroxyl groups is 1. The number of hydrogen-bond acceptors (Lipinski definition) is 2. The minimum absolute atomic E-state index is 0.354. The van der Waals surface area contributed by atoms with E-state index in [1.54, 1.807) is 0 Å². The summed E-state index contributed by atoms with van der Waals surface area (Å²) < 4.78 is 0. The third-order valence-corrected chi connectivity index (χ3v) is 2.66. The maximum absolute atomic E-state index is 8.63. The third-order valence-electron chi connectivity index (χ3n) is 2.66. The van der Waals surface area contributed by atoms with Crippen LogP contribution in [0.5, 0.6) is 0 Å². The molecule has 14 heavy (non-hydrogen) atoms. The van der Waals surface area contributed by atoms with Crippen molar-refractivity contribution in [1.29, 1.82) is 0 Å². The molecular weight excluding hydrogens is 174 g/mol. The van der Waals surface area contributed by atoms with E-state index in [0.29, 0.717) is 6.61 Å². The Morgan fingerprint density at radius 3 is 2.07 bits per heavy atom. The number of hydrogen-bond donors (Lipinski definition) is 1. The molecule has 0 aliphatic heterocycles. The quantitative estimate of drug-likeness (QED) is 0.549. The van der Waals surface area contributed by atoms with Crippen LogP contribution >= 0.6 is 0 Å². The van der Waals surface area contributed by atoms with Crippen LogP contribution in [-0.4, -0.2) is 36.2 Å². The summed E-state index contributed by atoms with van der Waals surface area (Å²) in [7, 11) is 0. The first-order valence-corrected chi connectivity index (χ1v) is 6.18. The van der Waals surface area contributed by atoms with Gasteiger partial charge in [0.2, 0.25) is 0 Å². The molecule has 0 saturated carbocycles. The molecule has 2 heteroatoms. The summed E-state index contributed by atoms with van der Waals surface area (Å²) in [5.74, 6) is 0. The molecule has 86 valence electrons. The van der Waals surface area contributed by atoms with Crippen LogP contribution in [-0.2, 0) is 0 Å². The zero-order valence-electron chi connectivity index (χ0n) is 9.97. The van der Waals surface area contributed by atoms with Crippen molar-refractivity contribution in [3.05, 3.63) is 0 Å². The molecule has 2 nitrogen and oxygen atoms in total. The van der Waals surface area contributed by atoms with Crippen molar-refractivity contribution in [1.82, 2.24) is 4.90 Å². The van der Waals surface area contributed by atoms with E-state index >= 15 is 0 Å². The van der Waals surface area contributed by atoms with Crippen LogP contribution in [0.3, 0.4) is 0 Å². The minimum atomic E-state index is 0.354. The number of rotatable bonds is 10. The van der Waals surface area contributed by atoms with Crippen LogP contribution in [0.15, 0.2) is 0 Å². The van der Waals surface area contributed by atoms with E-state index < -0.39 is 0 Å². The summed E-state index contributed by atoms with van der Waals surface area (Å²) in [4.78, 5) is 2.53. The van der Waals surface area contributed by atoms with E-state index in [4.69, 9.17) is 5.11 Å². The van der Waals surface area contributed by atoms with E-state index in [1.165, 1.54) is 51.7 Å². The lowest BCUT2D eigenvalue weighted by molar-refractivity contribution is 0.265. The maximum atomic E-state index is 8.63. The number of aliphatic hydroxyl groups excluding tert-OH is 1. The zero-order chi connectivity index (χ0) is 10.6. The molecule has 0 saturated heterocycles. The van der Waals surface area contributed by atoms with Crippen molar-refractivity contribution >= 4 is 0 Å². The first-order valence-electron chi connectivity index (χ1n) is 6.18. The Kier molecular flexibility index (Phi) is 10.9. The van der Waals surface area contributed by atoms with Crippen LogP contribution in [0.4, 0.5) is 0 Å². The van der Waals surface area contributed by atoms with E-state index in [-0.39, 0.29) is 0 Å². The average molecular weight is 201 g/mol. The van der Waals surface area contributed by atoms with E-state index in [2.05, 4.69) is 18.7 Å². The third kappa shape index (κ3) is 8.52. The van der Waals surface area contributed by atoms with Gasteiger partial charge in [-0.1, -0.05) is 33.1 Å². The van der Waals surface area contributed by atoms with E-state index in [0.717, 1.165) is 6.42 Å². The van der Waals surface area contributed by atoms with Crippen LogP contribution < -0.4 is 0 Å². The van der Waals surface area contributed by atoms with Gasteiger partial charge in [-0.3, -0.25) is 0 Å². The van der Waals surface area contributed by atoms with Crippen molar-refractivity contribution in [3.63, 3.8) is 0 Å². The molecule has 0 heterocycles. The molecule has 0 amide bonds. The Hall–Kier alpha value is -0.0800. The topological polar surface area (TPSA) is 23.5 Å². The van der Waals surface area contributed by atoms with Crippen molar-refractivity contribution in [2.45, 2.75) is 52.4 Å². The predicted molar refractivity (Wildman–Crippen MR) is 62.6 cm³/mol. The molecule has 0 aromatic carbocycles. The fraction of sp³-hybridized carbons (Fsp3) is 1.00. The molecule has 0 unspecified atom stereocenters. The summed E-state index contributed by atoms with van der Waals surface area (Å²) in [5, 5.41) is 8.63. The molecule has 0 radical (unpaired) electrons. The fourth-order valence-electron chi connectivity index (χ4n) is 1.61. The largest absolute Gasteiger partial charge is 0.396 e. The van der Waals surface area contributed by atoms with Gasteiger partial charge < -0.3 is 10.0 Å². The Labute approximate surface area is 89.3 Å². The zero-order valence-corrected chi connectivity index (χ0v) is 9.97. The van der Waals surface area contributed by atoms with Gasteiger partial charge in [0, 0.05) is 6.61 Å². The van der Waals surface area contributed by atoms with Gasteiger partial charge in [-0.25, -0.2) is 0 Å². The number of unbranched alkanes of at least 4 members (excludes halogenated alkanes) is 4. The second-order valence-corrected chi connectivity index (χ2v) is 3.93. The first kappa shape index (κ1) is 13.9. The molecule has 0 rings (SSSR count). The summed E-state index contributed by atoms with van der Waals surface area (Å²) >= 11 is 0. The van der Waals surface area contributed by atoms with Crippen molar-refractivity contribution in [2.24, 2.45) is 0 Å². The highest BCUT2D eigenvalue weighted by atomic mass is 16.2. The molecule has 0 aromatic heterocycles. The van der Waals surface area contributed by atoms with Crippen LogP contribution in [0.1, 0.15) is 52.4 Å². The van der Waals surface area contributed by atoms with E-state index in [9.17, 15) is 0 Å². The molecule has 0 spiro atoms. The average Bonchev–Trinajstić information content (AvgIpc) is 2.22. The Morgan fingerprint density at radius 1 is 0.857 bits per heavy atom. The summed E-state index contributed by atoms with van der Waals surface area (Å²) in [6, 6.07) is 0. The molecule has 1 N–H and O–H groups in total. The SMILES string of the molecule is CCCCN(CC)CCCCCCO. The normalized spacial score (nSPS) is 11.1. The first-order chi connectivity index (χ1) is 6.85. The number of nitrogens with zero attached hydrogens (tertiary/aromatic N) is 1. The lowest BCUT2D eigenvalue weighted by Crippen LogP contribution is -2.25. The van der Waals surface area contributed by atoms with Gasteiger partial charge in [0.15, 0.2) is 0 Å². The molecule has 0 aromatic rings. The molecular formula is C12H27NO. The van der Waals surface area contributed by atoms with Crippen molar-refractivity contribution in [3.8, 4) is 0 Å². The second kappa shape index (κ2) is 11.0. The molecule has 0 bridgehead atoms. The van der Waals surface area contributed by atoms with Crippen LogP contribution in [0.25, 0.3) is 0 Å². The highest BCUT2D eigenvalue weighted by Gasteiger charge is 2.00. The lowest BCUT2D eigenvalue weighted by Gasteiger charge is -2.19. The van der Waals surface area contributed by atoms with Gasteiger partial charge in [-0.15, -0.1) is 0 Å². The van der Waals surface area contributed by atoms with Gasteiger partial charge in [-0.2, -0.15) is 0 Å². The van der Waals surface area contributed by atoms with Gasteiger partial charge in [0.05, 0.1) is 0 Å². The minimum Gasteiger partial charge on any atom is -0.396 e. The fourth-order valence-corrected chi connectivity index (χ4v) is 1.61. The predicted octanol–water partition coefficient (Wildman–Crippen LogP) is 2.66. The van der Waals surface area contributed by atoms with Crippen LogP contribution in [0, 0.1) is 0 Å². The molecule has 0 aliphatic rings. The summed E-state index contributed by atoms with van der Waals surface area (Å²) in [5.41, 5.74) is 0.